The van der Waals surface area contributed by atoms with E-state index in [0.29, 0.717) is 0 Å². The lowest BCUT2D eigenvalue weighted by Crippen LogP contribution is -2.72. The summed E-state index contributed by atoms with van der Waals surface area (Å²) >= 11 is 0. The summed E-state index contributed by atoms with van der Waals surface area (Å²) in [5.74, 6) is 0. The van der Waals surface area contributed by atoms with Crippen molar-refractivity contribution in [2.24, 2.45) is 5.73 Å². The highest BCUT2D eigenvalue weighted by atomic mass is 16.2. The van der Waals surface area contributed by atoms with E-state index in [-0.39, 0.29) is 11.6 Å². The fourth-order valence-corrected chi connectivity index (χ4v) is 2.03. The van der Waals surface area contributed by atoms with E-state index >= 15 is 0 Å². The van der Waals surface area contributed by atoms with Crippen LogP contribution in [0.1, 0.15) is 25.7 Å². The van der Waals surface area contributed by atoms with E-state index in [1.165, 1.54) is 30.7 Å². The van der Waals surface area contributed by atoms with Crippen LogP contribution in [0.25, 0.3) is 0 Å². The van der Waals surface area contributed by atoms with Gasteiger partial charge in [-0.3, -0.25) is 5.01 Å². The summed E-state index contributed by atoms with van der Waals surface area (Å²) in [6.07, 6.45) is 4.94. The van der Waals surface area contributed by atoms with Crippen LogP contribution in [0.5, 0.6) is 0 Å². The Balaban J connectivity index is 1.91. The first-order valence-corrected chi connectivity index (χ1v) is 4.07. The van der Waals surface area contributed by atoms with Crippen molar-refractivity contribution in [1.82, 2.24) is 10.4 Å². The number of carbonyl (C=O) groups is 1. The Morgan fingerprint density at radius 2 is 2.00 bits per heavy atom. The van der Waals surface area contributed by atoms with Gasteiger partial charge < -0.3 is 5.73 Å². The van der Waals surface area contributed by atoms with Crippen LogP contribution in [0.15, 0.2) is 0 Å². The van der Waals surface area contributed by atoms with E-state index in [4.69, 9.17) is 5.73 Å². The molecule has 1 saturated carbocycles. The molecule has 1 saturated heterocycles. The van der Waals surface area contributed by atoms with Crippen molar-refractivity contribution in [1.29, 1.82) is 0 Å². The molecule has 0 unspecified atom stereocenters. The first kappa shape index (κ1) is 6.91. The van der Waals surface area contributed by atoms with Gasteiger partial charge in [-0.1, -0.05) is 12.8 Å². The van der Waals surface area contributed by atoms with Crippen molar-refractivity contribution in [2.45, 2.75) is 31.2 Å². The summed E-state index contributed by atoms with van der Waals surface area (Å²) in [5, 5.41) is 1.49. The lowest BCUT2D eigenvalue weighted by molar-refractivity contribution is 0.0114. The maximum atomic E-state index is 10.6. The SMILES string of the molecule is NC(=O)N1CC2(CCCC2)N1. The summed E-state index contributed by atoms with van der Waals surface area (Å²) in [6, 6.07) is -0.359. The second kappa shape index (κ2) is 2.11. The lowest BCUT2D eigenvalue weighted by Gasteiger charge is -2.48. The predicted molar refractivity (Wildman–Crippen MR) is 40.6 cm³/mol. The third-order valence-electron chi connectivity index (χ3n) is 2.66. The average molecular weight is 155 g/mol. The van der Waals surface area contributed by atoms with E-state index in [1.807, 2.05) is 0 Å². The number of hydrogen-bond donors (Lipinski definition) is 2. The summed E-state index contributed by atoms with van der Waals surface area (Å²) in [5.41, 5.74) is 8.43. The fourth-order valence-electron chi connectivity index (χ4n) is 2.03. The monoisotopic (exact) mass is 155 g/mol. The Morgan fingerprint density at radius 1 is 1.45 bits per heavy atom. The molecule has 0 aromatic rings. The molecule has 1 aliphatic carbocycles. The number of amides is 2. The smallest absolute Gasteiger partial charge is 0.329 e. The van der Waals surface area contributed by atoms with Gasteiger partial charge in [-0.25, -0.2) is 10.2 Å². The molecule has 11 heavy (non-hydrogen) atoms. The Kier molecular flexibility index (Phi) is 1.32. The molecule has 3 N–H and O–H groups in total. The van der Waals surface area contributed by atoms with Gasteiger partial charge in [0.15, 0.2) is 0 Å². The lowest BCUT2D eigenvalue weighted by atomic mass is 9.94. The second-order valence-electron chi connectivity index (χ2n) is 3.52. The zero-order valence-electron chi connectivity index (χ0n) is 6.47. The third kappa shape index (κ3) is 0.976. The number of urea groups is 1. The zero-order chi connectivity index (χ0) is 7.90. The van der Waals surface area contributed by atoms with Gasteiger partial charge in [0.2, 0.25) is 0 Å². The number of primary amides is 1. The molecule has 2 fully saturated rings. The van der Waals surface area contributed by atoms with E-state index in [0.717, 1.165) is 6.54 Å². The number of nitrogens with two attached hydrogens (primary N) is 1. The summed E-state index contributed by atoms with van der Waals surface area (Å²) < 4.78 is 0. The highest BCUT2D eigenvalue weighted by molar-refractivity contribution is 5.72. The van der Waals surface area contributed by atoms with Crippen LogP contribution in [-0.4, -0.2) is 23.1 Å². The van der Waals surface area contributed by atoms with Crippen LogP contribution < -0.4 is 11.2 Å². The molecular weight excluding hydrogens is 142 g/mol. The molecule has 0 aromatic carbocycles. The standard InChI is InChI=1S/C7H13N3O/c8-6(11)10-5-7(9-10)3-1-2-4-7/h9H,1-5H2,(H2,8,11). The van der Waals surface area contributed by atoms with Gasteiger partial charge in [-0.2, -0.15) is 0 Å². The Bertz CT molecular complexity index is 178. The molecule has 1 spiro atoms. The normalized spacial score (nSPS) is 27.1. The van der Waals surface area contributed by atoms with Crippen molar-refractivity contribution < 1.29 is 4.79 Å². The average Bonchev–Trinajstić information content (AvgIpc) is 2.29. The molecule has 2 aliphatic rings. The molecule has 1 heterocycles. The van der Waals surface area contributed by atoms with Gasteiger partial charge >= 0.3 is 6.03 Å². The molecule has 0 atom stereocenters. The largest absolute Gasteiger partial charge is 0.350 e. The van der Waals surface area contributed by atoms with Gasteiger partial charge in [0.25, 0.3) is 0 Å². The Hall–Kier alpha value is -0.770. The molecular formula is C7H13N3O. The maximum Gasteiger partial charge on any atom is 0.329 e. The van der Waals surface area contributed by atoms with Crippen molar-refractivity contribution in [2.75, 3.05) is 6.54 Å². The van der Waals surface area contributed by atoms with Crippen LogP contribution in [0, 0.1) is 0 Å². The van der Waals surface area contributed by atoms with Gasteiger partial charge in [-0.05, 0) is 12.8 Å². The number of rotatable bonds is 0. The number of hydrazine groups is 1. The number of nitrogens with zero attached hydrogens (tertiary/aromatic N) is 1. The minimum Gasteiger partial charge on any atom is -0.350 e. The highest BCUT2D eigenvalue weighted by Crippen LogP contribution is 2.35. The van der Waals surface area contributed by atoms with Gasteiger partial charge in [0, 0.05) is 0 Å². The van der Waals surface area contributed by atoms with Crippen molar-refractivity contribution in [3.8, 4) is 0 Å². The van der Waals surface area contributed by atoms with Crippen LogP contribution in [-0.2, 0) is 0 Å². The van der Waals surface area contributed by atoms with E-state index < -0.39 is 0 Å². The molecule has 0 aromatic heterocycles. The maximum absolute atomic E-state index is 10.6. The first-order valence-electron chi connectivity index (χ1n) is 4.07. The van der Waals surface area contributed by atoms with E-state index in [1.54, 1.807) is 0 Å². The van der Waals surface area contributed by atoms with Gasteiger partial charge in [0.05, 0.1) is 12.1 Å². The molecule has 1 aliphatic heterocycles. The number of nitrogens with one attached hydrogen (secondary N) is 1. The van der Waals surface area contributed by atoms with Crippen molar-refractivity contribution in [3.05, 3.63) is 0 Å². The molecule has 2 amide bonds. The number of carbonyl (C=O) groups excluding carboxylic acids is 1. The van der Waals surface area contributed by atoms with E-state index in [9.17, 15) is 4.79 Å². The quantitative estimate of drug-likeness (QED) is 0.525. The molecule has 62 valence electrons. The van der Waals surface area contributed by atoms with Crippen LogP contribution in [0.3, 0.4) is 0 Å². The molecule has 0 radical (unpaired) electrons. The molecule has 0 bridgehead atoms. The predicted octanol–water partition coefficient (Wildman–Crippen LogP) is 0.198. The third-order valence-corrected chi connectivity index (χ3v) is 2.66. The van der Waals surface area contributed by atoms with E-state index in [2.05, 4.69) is 5.43 Å². The van der Waals surface area contributed by atoms with Gasteiger partial charge in [0.1, 0.15) is 0 Å². The first-order chi connectivity index (χ1) is 5.22. The van der Waals surface area contributed by atoms with Crippen LogP contribution in [0.2, 0.25) is 0 Å². The summed E-state index contributed by atoms with van der Waals surface area (Å²) in [7, 11) is 0. The van der Waals surface area contributed by atoms with Crippen molar-refractivity contribution >= 4 is 6.03 Å². The summed E-state index contributed by atoms with van der Waals surface area (Å²) in [4.78, 5) is 10.6. The number of hydrogen-bond acceptors (Lipinski definition) is 2. The second-order valence-corrected chi connectivity index (χ2v) is 3.52. The molecule has 4 nitrogen and oxygen atoms in total. The van der Waals surface area contributed by atoms with Crippen LogP contribution >= 0.6 is 0 Å². The highest BCUT2D eigenvalue weighted by Gasteiger charge is 2.45. The topological polar surface area (TPSA) is 58.4 Å². The zero-order valence-corrected chi connectivity index (χ0v) is 6.47. The van der Waals surface area contributed by atoms with Gasteiger partial charge in [-0.15, -0.1) is 0 Å². The van der Waals surface area contributed by atoms with Crippen molar-refractivity contribution in [3.63, 3.8) is 0 Å². The summed E-state index contributed by atoms with van der Waals surface area (Å²) in [6.45, 7) is 0.808. The Labute approximate surface area is 65.7 Å². The Morgan fingerprint density at radius 3 is 2.45 bits per heavy atom. The minimum atomic E-state index is -0.359. The fraction of sp³-hybridized carbons (Fsp3) is 0.857. The molecule has 4 heteroatoms. The minimum absolute atomic E-state index is 0.245. The van der Waals surface area contributed by atoms with Crippen LogP contribution in [0.4, 0.5) is 4.79 Å². The molecule has 2 rings (SSSR count).